The third-order valence-electron chi connectivity index (χ3n) is 2.28. The molecule has 0 amide bonds. The zero-order valence-corrected chi connectivity index (χ0v) is 9.04. The van der Waals surface area contributed by atoms with Crippen LogP contribution in [0, 0.1) is 5.92 Å². The number of hydrogen-bond acceptors (Lipinski definition) is 1. The smallest absolute Gasteiger partial charge is 0.0459 e. The van der Waals surface area contributed by atoms with E-state index in [1.165, 1.54) is 12.1 Å². The van der Waals surface area contributed by atoms with Gasteiger partial charge in [0.05, 0.1) is 0 Å². The second kappa shape index (κ2) is 3.91. The topological polar surface area (TPSA) is 12.9 Å². The van der Waals surface area contributed by atoms with Crippen molar-refractivity contribution in [2.75, 3.05) is 0 Å². The normalized spacial score (nSPS) is 12.1. The minimum Gasteiger partial charge on any atom is -0.261 e. The second-order valence-corrected chi connectivity index (χ2v) is 4.70. The van der Waals surface area contributed by atoms with Gasteiger partial charge >= 0.3 is 0 Å². The molecule has 1 heteroatoms. The predicted octanol–water partition coefficient (Wildman–Crippen LogP) is 3.41. The van der Waals surface area contributed by atoms with Crippen LogP contribution in [0.15, 0.2) is 24.4 Å². The van der Waals surface area contributed by atoms with Crippen LogP contribution in [0.3, 0.4) is 0 Å². The summed E-state index contributed by atoms with van der Waals surface area (Å²) in [5.41, 5.74) is 1.40. The van der Waals surface area contributed by atoms with E-state index < -0.39 is 0 Å². The Morgan fingerprint density at radius 3 is 2.46 bits per heavy atom. The van der Waals surface area contributed by atoms with Crippen LogP contribution in [0.4, 0.5) is 0 Å². The molecule has 0 saturated heterocycles. The Hall–Kier alpha value is -0.850. The highest BCUT2D eigenvalue weighted by Crippen LogP contribution is 2.28. The van der Waals surface area contributed by atoms with Crippen molar-refractivity contribution >= 4 is 0 Å². The van der Waals surface area contributed by atoms with Gasteiger partial charge in [-0.15, -0.1) is 0 Å². The van der Waals surface area contributed by atoms with Gasteiger partial charge in [-0.3, -0.25) is 4.98 Å². The molecule has 13 heavy (non-hydrogen) atoms. The van der Waals surface area contributed by atoms with Crippen LogP contribution in [0.25, 0.3) is 0 Å². The van der Waals surface area contributed by atoms with Gasteiger partial charge in [-0.05, 0) is 24.5 Å². The molecule has 0 N–H and O–H groups in total. The van der Waals surface area contributed by atoms with Gasteiger partial charge < -0.3 is 0 Å². The van der Waals surface area contributed by atoms with E-state index in [2.05, 4.69) is 44.8 Å². The fourth-order valence-electron chi connectivity index (χ4n) is 1.89. The molecule has 0 aliphatic heterocycles. The number of rotatable bonds is 3. The molecule has 72 valence electrons. The molecule has 1 rings (SSSR count). The Morgan fingerprint density at radius 1 is 1.31 bits per heavy atom. The lowest BCUT2D eigenvalue weighted by atomic mass is 9.81. The van der Waals surface area contributed by atoms with Crippen LogP contribution >= 0.6 is 0 Å². The van der Waals surface area contributed by atoms with Crippen LogP contribution in [-0.4, -0.2) is 4.98 Å². The lowest BCUT2D eigenvalue weighted by molar-refractivity contribution is 0.391. The van der Waals surface area contributed by atoms with Gasteiger partial charge in [0.25, 0.3) is 0 Å². The zero-order valence-electron chi connectivity index (χ0n) is 9.04. The molecule has 0 aromatic carbocycles. The van der Waals surface area contributed by atoms with E-state index in [1.807, 2.05) is 12.3 Å². The van der Waals surface area contributed by atoms with Crippen LogP contribution in [0.5, 0.6) is 0 Å². The number of aromatic nitrogens is 1. The Labute approximate surface area is 81.2 Å². The zero-order chi connectivity index (χ0) is 9.90. The van der Waals surface area contributed by atoms with E-state index in [-0.39, 0.29) is 5.41 Å². The van der Waals surface area contributed by atoms with Crippen molar-refractivity contribution in [3.05, 3.63) is 30.1 Å². The summed E-state index contributed by atoms with van der Waals surface area (Å²) in [6.45, 7) is 9.03. The first kappa shape index (κ1) is 10.2. The summed E-state index contributed by atoms with van der Waals surface area (Å²) in [6.07, 6.45) is 3.06. The third kappa shape index (κ3) is 2.83. The summed E-state index contributed by atoms with van der Waals surface area (Å²) < 4.78 is 0. The van der Waals surface area contributed by atoms with Gasteiger partial charge in [-0.1, -0.05) is 33.8 Å². The summed E-state index contributed by atoms with van der Waals surface area (Å²) in [7, 11) is 0. The van der Waals surface area contributed by atoms with Gasteiger partial charge in [-0.25, -0.2) is 0 Å². The standard InChI is InChI=1S/C12H19N/c1-10(2)9-12(3,4)11-7-5-6-8-13-11/h5-8,10H,9H2,1-4H3. The molecule has 1 aromatic heterocycles. The van der Waals surface area contributed by atoms with Crippen molar-refractivity contribution in [1.82, 2.24) is 4.98 Å². The quantitative estimate of drug-likeness (QED) is 0.689. The predicted molar refractivity (Wildman–Crippen MR) is 56.7 cm³/mol. The summed E-state index contributed by atoms with van der Waals surface area (Å²) in [6, 6.07) is 6.14. The number of pyridine rings is 1. The average Bonchev–Trinajstić information content (AvgIpc) is 2.04. The number of hydrogen-bond donors (Lipinski definition) is 0. The first-order valence-electron chi connectivity index (χ1n) is 4.94. The van der Waals surface area contributed by atoms with Gasteiger partial charge in [0.1, 0.15) is 0 Å². The summed E-state index contributed by atoms with van der Waals surface area (Å²) in [4.78, 5) is 4.40. The monoisotopic (exact) mass is 177 g/mol. The maximum Gasteiger partial charge on any atom is 0.0459 e. The minimum absolute atomic E-state index is 0.204. The molecule has 1 nitrogen and oxygen atoms in total. The lowest BCUT2D eigenvalue weighted by Gasteiger charge is -2.25. The van der Waals surface area contributed by atoms with Crippen LogP contribution in [0.1, 0.15) is 39.8 Å². The van der Waals surface area contributed by atoms with Gasteiger partial charge in [0.15, 0.2) is 0 Å². The molecule has 0 radical (unpaired) electrons. The van der Waals surface area contributed by atoms with Crippen LogP contribution < -0.4 is 0 Å². The van der Waals surface area contributed by atoms with E-state index in [9.17, 15) is 0 Å². The molecule has 0 unspecified atom stereocenters. The van der Waals surface area contributed by atoms with Crippen molar-refractivity contribution in [1.29, 1.82) is 0 Å². The van der Waals surface area contributed by atoms with E-state index in [4.69, 9.17) is 0 Å². The molecule has 0 aliphatic rings. The molecular formula is C12H19N. The second-order valence-electron chi connectivity index (χ2n) is 4.70. The van der Waals surface area contributed by atoms with E-state index in [1.54, 1.807) is 0 Å². The third-order valence-corrected chi connectivity index (χ3v) is 2.28. The van der Waals surface area contributed by atoms with Gasteiger partial charge in [-0.2, -0.15) is 0 Å². The first-order chi connectivity index (χ1) is 6.02. The molecule has 1 aromatic rings. The fourth-order valence-corrected chi connectivity index (χ4v) is 1.89. The molecular weight excluding hydrogens is 158 g/mol. The Kier molecular flexibility index (Phi) is 3.07. The SMILES string of the molecule is CC(C)CC(C)(C)c1ccccn1. The van der Waals surface area contributed by atoms with Crippen molar-refractivity contribution in [2.45, 2.75) is 39.5 Å². The van der Waals surface area contributed by atoms with Crippen molar-refractivity contribution in [3.63, 3.8) is 0 Å². The molecule has 0 atom stereocenters. The highest BCUT2D eigenvalue weighted by molar-refractivity contribution is 5.14. The molecule has 0 aliphatic carbocycles. The van der Waals surface area contributed by atoms with E-state index in [0.29, 0.717) is 0 Å². The number of nitrogens with zero attached hydrogens (tertiary/aromatic N) is 1. The summed E-state index contributed by atoms with van der Waals surface area (Å²) in [5, 5.41) is 0. The molecule has 1 heterocycles. The summed E-state index contributed by atoms with van der Waals surface area (Å²) >= 11 is 0. The van der Waals surface area contributed by atoms with E-state index in [0.717, 1.165) is 5.92 Å². The molecule has 0 saturated carbocycles. The van der Waals surface area contributed by atoms with Gasteiger partial charge in [0.2, 0.25) is 0 Å². The van der Waals surface area contributed by atoms with Crippen LogP contribution in [0.2, 0.25) is 0 Å². The van der Waals surface area contributed by atoms with Crippen LogP contribution in [-0.2, 0) is 5.41 Å². The van der Waals surface area contributed by atoms with Crippen molar-refractivity contribution < 1.29 is 0 Å². The largest absolute Gasteiger partial charge is 0.261 e. The Bertz CT molecular complexity index is 249. The lowest BCUT2D eigenvalue weighted by Crippen LogP contribution is -2.20. The molecule has 0 spiro atoms. The maximum absolute atomic E-state index is 4.40. The first-order valence-corrected chi connectivity index (χ1v) is 4.94. The van der Waals surface area contributed by atoms with Gasteiger partial charge in [0, 0.05) is 17.3 Å². The van der Waals surface area contributed by atoms with Crippen molar-refractivity contribution in [2.24, 2.45) is 5.92 Å². The highest BCUT2D eigenvalue weighted by atomic mass is 14.7. The Balaban J connectivity index is 2.81. The molecule has 0 fully saturated rings. The minimum atomic E-state index is 0.204. The maximum atomic E-state index is 4.40. The average molecular weight is 177 g/mol. The molecule has 0 bridgehead atoms. The fraction of sp³-hybridized carbons (Fsp3) is 0.583. The summed E-state index contributed by atoms with van der Waals surface area (Å²) in [5.74, 6) is 0.719. The highest BCUT2D eigenvalue weighted by Gasteiger charge is 2.22. The van der Waals surface area contributed by atoms with E-state index >= 15 is 0 Å². The van der Waals surface area contributed by atoms with Crippen molar-refractivity contribution in [3.8, 4) is 0 Å². The Morgan fingerprint density at radius 2 is 2.00 bits per heavy atom.